The minimum Gasteiger partial charge on any atom is -0.486 e. The van der Waals surface area contributed by atoms with E-state index in [4.69, 9.17) is 21.1 Å². The van der Waals surface area contributed by atoms with Crippen LogP contribution < -0.4 is 14.8 Å². The first-order chi connectivity index (χ1) is 10.1. The molecular weight excluding hydrogens is 290 g/mol. The Balaban J connectivity index is 2.13. The number of nitrogens with one attached hydrogen (secondary N) is 1. The lowest BCUT2D eigenvalue weighted by Crippen LogP contribution is -2.15. The zero-order valence-corrected chi connectivity index (χ0v) is 12.9. The van der Waals surface area contributed by atoms with Gasteiger partial charge in [0.05, 0.1) is 5.02 Å². The van der Waals surface area contributed by atoms with E-state index in [1.54, 1.807) is 6.07 Å². The fourth-order valence-corrected chi connectivity index (χ4v) is 2.51. The van der Waals surface area contributed by atoms with Crippen LogP contribution in [0.4, 0.5) is 5.82 Å². The third kappa shape index (κ3) is 2.49. The minimum atomic E-state index is 0.509. The molecule has 1 N–H and O–H groups in total. The van der Waals surface area contributed by atoms with E-state index in [1.807, 2.05) is 27.0 Å². The molecule has 0 radical (unpaired) electrons. The number of hydrogen-bond acceptors (Lipinski definition) is 5. The highest BCUT2D eigenvalue weighted by Crippen LogP contribution is 2.40. The van der Waals surface area contributed by atoms with Gasteiger partial charge in [-0.1, -0.05) is 11.6 Å². The average Bonchev–Trinajstić information content (AvgIpc) is 2.50. The third-order valence-electron chi connectivity index (χ3n) is 3.48. The Morgan fingerprint density at radius 3 is 2.67 bits per heavy atom. The topological polar surface area (TPSA) is 56.3 Å². The van der Waals surface area contributed by atoms with Crippen LogP contribution in [-0.4, -0.2) is 30.2 Å². The summed E-state index contributed by atoms with van der Waals surface area (Å²) < 4.78 is 11.1. The van der Waals surface area contributed by atoms with Crippen molar-refractivity contribution in [2.45, 2.75) is 13.8 Å². The number of ether oxygens (including phenoxy) is 2. The normalized spacial score (nSPS) is 13.1. The van der Waals surface area contributed by atoms with Crippen LogP contribution in [0, 0.1) is 13.8 Å². The third-order valence-corrected chi connectivity index (χ3v) is 3.76. The first-order valence-corrected chi connectivity index (χ1v) is 7.10. The van der Waals surface area contributed by atoms with Gasteiger partial charge in [-0.25, -0.2) is 9.97 Å². The maximum Gasteiger partial charge on any atom is 0.179 e. The molecule has 2 aromatic rings. The second-order valence-electron chi connectivity index (χ2n) is 4.84. The Bertz CT molecular complexity index is 704. The molecule has 110 valence electrons. The number of benzene rings is 1. The predicted molar refractivity (Wildman–Crippen MR) is 82.5 cm³/mol. The summed E-state index contributed by atoms with van der Waals surface area (Å²) in [6, 6.07) is 3.67. The zero-order valence-electron chi connectivity index (χ0n) is 12.2. The molecule has 21 heavy (non-hydrogen) atoms. The highest BCUT2D eigenvalue weighted by molar-refractivity contribution is 6.32. The first-order valence-electron chi connectivity index (χ1n) is 6.72. The van der Waals surface area contributed by atoms with E-state index in [-0.39, 0.29) is 0 Å². The SMILES string of the molecule is CNc1nc(-c2cc(Cl)c3c(c2)OCCO3)nc(C)c1C. The fourth-order valence-electron chi connectivity index (χ4n) is 2.24. The number of aromatic nitrogens is 2. The monoisotopic (exact) mass is 305 g/mol. The van der Waals surface area contributed by atoms with E-state index in [0.29, 0.717) is 35.6 Å². The van der Waals surface area contributed by atoms with E-state index in [0.717, 1.165) is 22.6 Å². The maximum atomic E-state index is 6.27. The van der Waals surface area contributed by atoms with Gasteiger partial charge in [0.15, 0.2) is 17.3 Å². The van der Waals surface area contributed by atoms with Crippen LogP contribution in [0.3, 0.4) is 0 Å². The molecule has 0 spiro atoms. The van der Waals surface area contributed by atoms with Gasteiger partial charge in [0.1, 0.15) is 19.0 Å². The molecule has 0 aliphatic carbocycles. The average molecular weight is 306 g/mol. The lowest BCUT2D eigenvalue weighted by atomic mass is 10.1. The van der Waals surface area contributed by atoms with Gasteiger partial charge >= 0.3 is 0 Å². The van der Waals surface area contributed by atoms with Crippen LogP contribution >= 0.6 is 11.6 Å². The second kappa shape index (κ2) is 5.41. The van der Waals surface area contributed by atoms with E-state index in [1.165, 1.54) is 0 Å². The molecule has 1 aliphatic rings. The molecule has 0 bridgehead atoms. The molecule has 2 heterocycles. The van der Waals surface area contributed by atoms with Gasteiger partial charge in [0.2, 0.25) is 0 Å². The van der Waals surface area contributed by atoms with Crippen molar-refractivity contribution in [2.24, 2.45) is 0 Å². The molecule has 0 fully saturated rings. The maximum absolute atomic E-state index is 6.27. The van der Waals surface area contributed by atoms with E-state index < -0.39 is 0 Å². The van der Waals surface area contributed by atoms with Crippen molar-refractivity contribution in [3.05, 3.63) is 28.4 Å². The fraction of sp³-hybridized carbons (Fsp3) is 0.333. The van der Waals surface area contributed by atoms with Crippen molar-refractivity contribution < 1.29 is 9.47 Å². The Hall–Kier alpha value is -2.01. The van der Waals surface area contributed by atoms with Crippen LogP contribution in [0.5, 0.6) is 11.5 Å². The van der Waals surface area contributed by atoms with Gasteiger partial charge in [-0.05, 0) is 26.0 Å². The summed E-state index contributed by atoms with van der Waals surface area (Å²) in [5.74, 6) is 2.64. The van der Waals surface area contributed by atoms with Gasteiger partial charge in [-0.3, -0.25) is 0 Å². The molecule has 5 nitrogen and oxygen atoms in total. The molecule has 0 amide bonds. The van der Waals surface area contributed by atoms with Crippen LogP contribution in [0.2, 0.25) is 5.02 Å². The van der Waals surface area contributed by atoms with Crippen LogP contribution in [0.15, 0.2) is 12.1 Å². The van der Waals surface area contributed by atoms with Crippen molar-refractivity contribution in [2.75, 3.05) is 25.6 Å². The first kappa shape index (κ1) is 13.9. The van der Waals surface area contributed by atoms with Gasteiger partial charge < -0.3 is 14.8 Å². The van der Waals surface area contributed by atoms with Gasteiger partial charge in [-0.2, -0.15) is 0 Å². The van der Waals surface area contributed by atoms with Crippen LogP contribution in [-0.2, 0) is 0 Å². The summed E-state index contributed by atoms with van der Waals surface area (Å²) in [4.78, 5) is 9.07. The number of aryl methyl sites for hydroxylation is 1. The second-order valence-corrected chi connectivity index (χ2v) is 5.25. The zero-order chi connectivity index (χ0) is 15.0. The van der Waals surface area contributed by atoms with Crippen molar-refractivity contribution >= 4 is 17.4 Å². The highest BCUT2D eigenvalue weighted by Gasteiger charge is 2.19. The van der Waals surface area contributed by atoms with Crippen molar-refractivity contribution in [1.29, 1.82) is 0 Å². The van der Waals surface area contributed by atoms with Gasteiger partial charge in [0.25, 0.3) is 0 Å². The van der Waals surface area contributed by atoms with Crippen LogP contribution in [0.25, 0.3) is 11.4 Å². The summed E-state index contributed by atoms with van der Waals surface area (Å²) in [7, 11) is 1.84. The lowest BCUT2D eigenvalue weighted by Gasteiger charge is -2.20. The molecule has 3 rings (SSSR count). The molecule has 1 aromatic carbocycles. The van der Waals surface area contributed by atoms with Crippen molar-refractivity contribution in [3.8, 4) is 22.9 Å². The number of fused-ring (bicyclic) bond motifs is 1. The number of rotatable bonds is 2. The molecule has 0 atom stereocenters. The van der Waals surface area contributed by atoms with Crippen LogP contribution in [0.1, 0.15) is 11.3 Å². The number of halogens is 1. The smallest absolute Gasteiger partial charge is 0.179 e. The minimum absolute atomic E-state index is 0.509. The summed E-state index contributed by atoms with van der Waals surface area (Å²) in [6.07, 6.45) is 0. The predicted octanol–water partition coefficient (Wildman–Crippen LogP) is 3.23. The van der Waals surface area contributed by atoms with Gasteiger partial charge in [0, 0.05) is 23.9 Å². The van der Waals surface area contributed by atoms with Gasteiger partial charge in [-0.15, -0.1) is 0 Å². The summed E-state index contributed by atoms with van der Waals surface area (Å²) >= 11 is 6.27. The Morgan fingerprint density at radius 1 is 1.14 bits per heavy atom. The Morgan fingerprint density at radius 2 is 1.90 bits per heavy atom. The molecule has 0 saturated carbocycles. The summed E-state index contributed by atoms with van der Waals surface area (Å²) in [6.45, 7) is 4.97. The summed E-state index contributed by atoms with van der Waals surface area (Å²) in [5.41, 5.74) is 2.77. The molecule has 1 aliphatic heterocycles. The standard InChI is InChI=1S/C15H16ClN3O2/c1-8-9(2)18-15(19-14(8)17-3)10-6-11(16)13-12(7-10)20-4-5-21-13/h6-7H,4-5H2,1-3H3,(H,17,18,19). The van der Waals surface area contributed by atoms with E-state index in [2.05, 4.69) is 15.3 Å². The Kier molecular flexibility index (Phi) is 3.59. The van der Waals surface area contributed by atoms with E-state index in [9.17, 15) is 0 Å². The molecule has 6 heteroatoms. The largest absolute Gasteiger partial charge is 0.486 e. The molecule has 1 aromatic heterocycles. The van der Waals surface area contributed by atoms with Crippen molar-refractivity contribution in [3.63, 3.8) is 0 Å². The van der Waals surface area contributed by atoms with Crippen molar-refractivity contribution in [1.82, 2.24) is 9.97 Å². The highest BCUT2D eigenvalue weighted by atomic mass is 35.5. The number of nitrogens with zero attached hydrogens (tertiary/aromatic N) is 2. The molecule has 0 unspecified atom stereocenters. The number of hydrogen-bond donors (Lipinski definition) is 1. The lowest BCUT2D eigenvalue weighted by molar-refractivity contribution is 0.172. The number of anilines is 1. The van der Waals surface area contributed by atoms with E-state index >= 15 is 0 Å². The molecule has 0 saturated heterocycles. The molecular formula is C15H16ClN3O2. The quantitative estimate of drug-likeness (QED) is 0.923. The summed E-state index contributed by atoms with van der Waals surface area (Å²) in [5, 5.41) is 3.59. The Labute approximate surface area is 128 Å².